The molecule has 3 N–H and O–H groups in total. The quantitative estimate of drug-likeness (QED) is 0.679. The number of aliphatic hydroxyl groups excluding tert-OH is 1. The summed E-state index contributed by atoms with van der Waals surface area (Å²) in [5.74, 6) is 0.868. The van der Waals surface area contributed by atoms with Crippen molar-refractivity contribution in [2.45, 2.75) is 65.2 Å². The molecule has 0 aromatic heterocycles. The number of hydrogen-bond donors (Lipinski definition) is 3. The van der Waals surface area contributed by atoms with Crippen LogP contribution < -0.4 is 9.74 Å². The van der Waals surface area contributed by atoms with Crippen LogP contribution in [0.15, 0.2) is 12.1 Å². The summed E-state index contributed by atoms with van der Waals surface area (Å²) in [5.41, 5.74) is 3.15. The Morgan fingerprint density at radius 3 is 2.12 bits per heavy atom. The van der Waals surface area contributed by atoms with Crippen molar-refractivity contribution in [2.24, 2.45) is 0 Å². The number of amides is 1. The van der Waals surface area contributed by atoms with Crippen LogP contribution in [-0.4, -0.2) is 37.3 Å². The number of nitrogens with one attached hydrogen (secondary N) is 1. The van der Waals surface area contributed by atoms with Gasteiger partial charge < -0.3 is 20.0 Å². The summed E-state index contributed by atoms with van der Waals surface area (Å²) in [7, 11) is -1.90. The van der Waals surface area contributed by atoms with Gasteiger partial charge in [0, 0.05) is 0 Å². The van der Waals surface area contributed by atoms with Gasteiger partial charge in [0.25, 0.3) is 0 Å². The highest BCUT2D eigenvalue weighted by atomic mass is 28.4. The molecular formula is C18H31NO4Si. The van der Waals surface area contributed by atoms with E-state index in [1.54, 1.807) is 0 Å². The molecule has 0 bridgehead atoms. The van der Waals surface area contributed by atoms with Crippen LogP contribution in [0.5, 0.6) is 5.75 Å². The standard InChI is InChI=1S/C18H31NO4Si/c1-12-8-15(23-24(6,7)18(3,4)5)9-13(2)16(12)10-14(11-20)19-17(21)22/h8-9,14,19-20H,10-11H2,1-7H3,(H,21,22)/t14-/m0/s1. The van der Waals surface area contributed by atoms with Crippen LogP contribution in [0.3, 0.4) is 0 Å². The van der Waals surface area contributed by atoms with Gasteiger partial charge in [-0.25, -0.2) is 4.79 Å². The lowest BCUT2D eigenvalue weighted by Crippen LogP contribution is -2.43. The molecule has 0 aliphatic heterocycles. The molecule has 0 saturated carbocycles. The van der Waals surface area contributed by atoms with Gasteiger partial charge in [-0.3, -0.25) is 0 Å². The van der Waals surface area contributed by atoms with Crippen molar-refractivity contribution in [2.75, 3.05) is 6.61 Å². The Balaban J connectivity index is 3.04. The van der Waals surface area contributed by atoms with Gasteiger partial charge in [-0.2, -0.15) is 0 Å². The summed E-state index contributed by atoms with van der Waals surface area (Å²) in [4.78, 5) is 10.8. The average Bonchev–Trinajstić information content (AvgIpc) is 2.39. The Hall–Kier alpha value is -1.53. The maximum atomic E-state index is 10.8. The normalized spacial score (nSPS) is 13.5. The van der Waals surface area contributed by atoms with Gasteiger partial charge >= 0.3 is 6.09 Å². The van der Waals surface area contributed by atoms with Gasteiger partial charge in [-0.15, -0.1) is 0 Å². The fourth-order valence-corrected chi connectivity index (χ4v) is 3.38. The van der Waals surface area contributed by atoms with Gasteiger partial charge in [-0.05, 0) is 67.2 Å². The molecule has 1 rings (SSSR count). The fourth-order valence-electron chi connectivity index (χ4n) is 2.36. The second kappa shape index (κ2) is 7.57. The van der Waals surface area contributed by atoms with Crippen molar-refractivity contribution >= 4 is 14.4 Å². The first kappa shape index (κ1) is 20.5. The van der Waals surface area contributed by atoms with E-state index in [0.29, 0.717) is 6.42 Å². The summed E-state index contributed by atoms with van der Waals surface area (Å²) in [5, 5.41) is 20.7. The molecule has 0 fully saturated rings. The van der Waals surface area contributed by atoms with Crippen molar-refractivity contribution < 1.29 is 19.4 Å². The van der Waals surface area contributed by atoms with E-state index in [-0.39, 0.29) is 11.6 Å². The molecule has 136 valence electrons. The zero-order valence-corrected chi connectivity index (χ0v) is 16.9. The predicted octanol–water partition coefficient (Wildman–Crippen LogP) is 3.86. The van der Waals surface area contributed by atoms with Crippen LogP contribution >= 0.6 is 0 Å². The fraction of sp³-hybridized carbons (Fsp3) is 0.611. The van der Waals surface area contributed by atoms with E-state index < -0.39 is 20.5 Å². The summed E-state index contributed by atoms with van der Waals surface area (Å²) in [6.07, 6.45) is -0.664. The minimum atomic E-state index is -1.90. The lowest BCUT2D eigenvalue weighted by molar-refractivity contribution is 0.177. The molecule has 0 radical (unpaired) electrons. The molecule has 24 heavy (non-hydrogen) atoms. The van der Waals surface area contributed by atoms with Gasteiger partial charge in [0.05, 0.1) is 12.6 Å². The third-order valence-corrected chi connectivity index (χ3v) is 9.21. The summed E-state index contributed by atoms with van der Waals surface area (Å²) in [6, 6.07) is 3.52. The van der Waals surface area contributed by atoms with E-state index >= 15 is 0 Å². The number of aryl methyl sites for hydroxylation is 2. The molecule has 0 saturated heterocycles. The van der Waals surface area contributed by atoms with Crippen molar-refractivity contribution in [3.63, 3.8) is 0 Å². The minimum Gasteiger partial charge on any atom is -0.543 e. The monoisotopic (exact) mass is 353 g/mol. The molecule has 0 aliphatic carbocycles. The van der Waals surface area contributed by atoms with E-state index in [4.69, 9.17) is 9.53 Å². The van der Waals surface area contributed by atoms with Gasteiger partial charge in [-0.1, -0.05) is 20.8 Å². The highest BCUT2D eigenvalue weighted by molar-refractivity contribution is 6.74. The zero-order valence-electron chi connectivity index (χ0n) is 15.9. The van der Waals surface area contributed by atoms with Crippen molar-refractivity contribution in [3.05, 3.63) is 28.8 Å². The van der Waals surface area contributed by atoms with E-state index in [2.05, 4.69) is 39.2 Å². The third kappa shape index (κ3) is 5.24. The Labute approximate surface area is 146 Å². The topological polar surface area (TPSA) is 78.8 Å². The average molecular weight is 354 g/mol. The molecule has 0 heterocycles. The number of carbonyl (C=O) groups is 1. The van der Waals surface area contributed by atoms with E-state index in [1.165, 1.54) is 0 Å². The molecule has 6 heteroatoms. The SMILES string of the molecule is Cc1cc(O[Si](C)(C)C(C)(C)C)cc(C)c1C[C@@H](CO)NC(=O)O. The summed E-state index contributed by atoms with van der Waals surface area (Å²) >= 11 is 0. The smallest absolute Gasteiger partial charge is 0.404 e. The number of carboxylic acid groups (broad SMARTS) is 1. The lowest BCUT2D eigenvalue weighted by Gasteiger charge is -2.36. The van der Waals surface area contributed by atoms with Crippen LogP contribution in [0.1, 0.15) is 37.5 Å². The first-order valence-electron chi connectivity index (χ1n) is 8.27. The summed E-state index contributed by atoms with van der Waals surface area (Å²) < 4.78 is 6.36. The van der Waals surface area contributed by atoms with Crippen LogP contribution in [0, 0.1) is 13.8 Å². The van der Waals surface area contributed by atoms with Crippen LogP contribution in [0.2, 0.25) is 18.1 Å². The van der Waals surface area contributed by atoms with Crippen molar-refractivity contribution in [1.29, 1.82) is 0 Å². The Morgan fingerprint density at radius 2 is 1.75 bits per heavy atom. The van der Waals surface area contributed by atoms with E-state index in [9.17, 15) is 9.90 Å². The Kier molecular flexibility index (Phi) is 6.47. The molecule has 1 aromatic rings. The molecule has 5 nitrogen and oxygen atoms in total. The van der Waals surface area contributed by atoms with Crippen LogP contribution in [-0.2, 0) is 6.42 Å². The van der Waals surface area contributed by atoms with Gasteiger partial charge in [0.15, 0.2) is 0 Å². The first-order chi connectivity index (χ1) is 10.9. The van der Waals surface area contributed by atoms with E-state index in [0.717, 1.165) is 22.4 Å². The third-order valence-electron chi connectivity index (χ3n) is 4.85. The zero-order chi connectivity index (χ0) is 18.7. The Morgan fingerprint density at radius 1 is 1.25 bits per heavy atom. The lowest BCUT2D eigenvalue weighted by atomic mass is 9.96. The minimum absolute atomic E-state index is 0.126. The molecule has 1 aromatic carbocycles. The van der Waals surface area contributed by atoms with Gasteiger partial charge in [0.1, 0.15) is 5.75 Å². The van der Waals surface area contributed by atoms with E-state index in [1.807, 2.05) is 26.0 Å². The molecule has 1 atom stereocenters. The van der Waals surface area contributed by atoms with Gasteiger partial charge in [0.2, 0.25) is 8.32 Å². The molecule has 1 amide bonds. The molecule has 0 unspecified atom stereocenters. The number of benzene rings is 1. The number of aliphatic hydroxyl groups is 1. The maximum absolute atomic E-state index is 10.8. The number of hydrogen-bond acceptors (Lipinski definition) is 3. The van der Waals surface area contributed by atoms with Crippen molar-refractivity contribution in [1.82, 2.24) is 5.32 Å². The van der Waals surface area contributed by atoms with Crippen LogP contribution in [0.25, 0.3) is 0 Å². The van der Waals surface area contributed by atoms with Crippen molar-refractivity contribution in [3.8, 4) is 5.75 Å². The molecule has 0 aliphatic rings. The maximum Gasteiger partial charge on any atom is 0.404 e. The Bertz CT molecular complexity index is 570. The predicted molar refractivity (Wildman–Crippen MR) is 99.5 cm³/mol. The highest BCUT2D eigenvalue weighted by Gasteiger charge is 2.39. The molecular weight excluding hydrogens is 322 g/mol. The molecule has 0 spiro atoms. The second-order valence-electron chi connectivity index (χ2n) is 7.93. The highest BCUT2D eigenvalue weighted by Crippen LogP contribution is 2.38. The number of rotatable bonds is 6. The second-order valence-corrected chi connectivity index (χ2v) is 12.7. The summed E-state index contributed by atoms with van der Waals surface area (Å²) in [6.45, 7) is 14.8. The first-order valence-corrected chi connectivity index (χ1v) is 11.2. The van der Waals surface area contributed by atoms with Crippen LogP contribution in [0.4, 0.5) is 4.79 Å². The largest absolute Gasteiger partial charge is 0.543 e.